The molecule has 2 rings (SSSR count). The molecule has 0 aliphatic heterocycles. The van der Waals surface area contributed by atoms with E-state index in [1.54, 1.807) is 6.07 Å². The lowest BCUT2D eigenvalue weighted by atomic mass is 10.3. The zero-order chi connectivity index (χ0) is 12.3. The minimum absolute atomic E-state index is 0.126. The molecule has 0 aromatic carbocycles. The SMILES string of the molecule is CCNC(C)c1nnc(-c2cccc(=O)[nH]2)s1. The van der Waals surface area contributed by atoms with Gasteiger partial charge in [-0.3, -0.25) is 4.79 Å². The van der Waals surface area contributed by atoms with E-state index in [0.717, 1.165) is 16.6 Å². The van der Waals surface area contributed by atoms with Crippen LogP contribution in [0.2, 0.25) is 0 Å². The number of nitrogens with zero attached hydrogens (tertiary/aromatic N) is 2. The fourth-order valence-corrected chi connectivity index (χ4v) is 2.33. The number of nitrogens with one attached hydrogen (secondary N) is 2. The summed E-state index contributed by atoms with van der Waals surface area (Å²) in [6, 6.07) is 5.20. The summed E-state index contributed by atoms with van der Waals surface area (Å²) in [5.74, 6) is 0. The van der Waals surface area contributed by atoms with E-state index in [0.29, 0.717) is 5.69 Å². The van der Waals surface area contributed by atoms with Crippen molar-refractivity contribution in [3.05, 3.63) is 33.6 Å². The predicted octanol–water partition coefficient (Wildman–Crippen LogP) is 1.56. The van der Waals surface area contributed by atoms with Gasteiger partial charge in [0.25, 0.3) is 0 Å². The topological polar surface area (TPSA) is 70.7 Å². The Kier molecular flexibility index (Phi) is 3.65. The summed E-state index contributed by atoms with van der Waals surface area (Å²) in [7, 11) is 0. The number of hydrogen-bond donors (Lipinski definition) is 2. The highest BCUT2D eigenvalue weighted by Gasteiger charge is 2.12. The highest BCUT2D eigenvalue weighted by Crippen LogP contribution is 2.24. The molecule has 0 aliphatic rings. The second-order valence-corrected chi connectivity index (χ2v) is 4.66. The van der Waals surface area contributed by atoms with Crippen molar-refractivity contribution >= 4 is 11.3 Å². The summed E-state index contributed by atoms with van der Waals surface area (Å²) in [5.41, 5.74) is 0.587. The van der Waals surface area contributed by atoms with Gasteiger partial charge in [-0.25, -0.2) is 0 Å². The Hall–Kier alpha value is -1.53. The molecule has 0 fully saturated rings. The van der Waals surface area contributed by atoms with Crippen molar-refractivity contribution in [2.75, 3.05) is 6.54 Å². The Balaban J connectivity index is 2.26. The molecule has 0 spiro atoms. The van der Waals surface area contributed by atoms with Gasteiger partial charge < -0.3 is 10.3 Å². The van der Waals surface area contributed by atoms with Gasteiger partial charge in [-0.05, 0) is 19.5 Å². The minimum atomic E-state index is -0.126. The van der Waals surface area contributed by atoms with Gasteiger partial charge in [0.2, 0.25) is 5.56 Å². The van der Waals surface area contributed by atoms with Crippen LogP contribution in [0.1, 0.15) is 24.9 Å². The van der Waals surface area contributed by atoms with Crippen LogP contribution >= 0.6 is 11.3 Å². The van der Waals surface area contributed by atoms with Crippen molar-refractivity contribution in [1.29, 1.82) is 0 Å². The van der Waals surface area contributed by atoms with Crippen molar-refractivity contribution < 1.29 is 0 Å². The van der Waals surface area contributed by atoms with E-state index < -0.39 is 0 Å². The van der Waals surface area contributed by atoms with Crippen molar-refractivity contribution in [1.82, 2.24) is 20.5 Å². The fourth-order valence-electron chi connectivity index (χ4n) is 1.48. The Morgan fingerprint density at radius 1 is 1.47 bits per heavy atom. The first-order chi connectivity index (χ1) is 8.20. The summed E-state index contributed by atoms with van der Waals surface area (Å²) in [5, 5.41) is 13.1. The predicted molar refractivity (Wildman–Crippen MR) is 68.1 cm³/mol. The minimum Gasteiger partial charge on any atom is -0.320 e. The number of rotatable bonds is 4. The van der Waals surface area contributed by atoms with E-state index in [1.807, 2.05) is 19.9 Å². The van der Waals surface area contributed by atoms with Gasteiger partial charge >= 0.3 is 0 Å². The van der Waals surface area contributed by atoms with E-state index in [4.69, 9.17) is 0 Å². The molecule has 17 heavy (non-hydrogen) atoms. The molecule has 2 aromatic rings. The molecule has 0 radical (unpaired) electrons. The van der Waals surface area contributed by atoms with E-state index in [9.17, 15) is 4.79 Å². The first-order valence-electron chi connectivity index (χ1n) is 5.47. The van der Waals surface area contributed by atoms with E-state index in [2.05, 4.69) is 20.5 Å². The standard InChI is InChI=1S/C11H14N4OS/c1-3-12-7(2)10-14-15-11(17-10)8-5-4-6-9(16)13-8/h4-7,12H,3H2,1-2H3,(H,13,16). The van der Waals surface area contributed by atoms with Gasteiger partial charge in [0.05, 0.1) is 11.7 Å². The lowest BCUT2D eigenvalue weighted by Crippen LogP contribution is -2.17. The zero-order valence-corrected chi connectivity index (χ0v) is 10.5. The smallest absolute Gasteiger partial charge is 0.248 e. The van der Waals surface area contributed by atoms with Crippen LogP contribution in [0.3, 0.4) is 0 Å². The normalized spacial score (nSPS) is 12.6. The quantitative estimate of drug-likeness (QED) is 0.864. The summed E-state index contributed by atoms with van der Waals surface area (Å²) in [6.07, 6.45) is 0. The Morgan fingerprint density at radius 3 is 3.00 bits per heavy atom. The average Bonchev–Trinajstić information content (AvgIpc) is 2.78. The maximum atomic E-state index is 11.2. The third-order valence-corrected chi connectivity index (χ3v) is 3.46. The van der Waals surface area contributed by atoms with Crippen LogP contribution in [-0.2, 0) is 0 Å². The van der Waals surface area contributed by atoms with Gasteiger partial charge in [0, 0.05) is 6.07 Å². The summed E-state index contributed by atoms with van der Waals surface area (Å²) in [4.78, 5) is 13.9. The molecule has 1 unspecified atom stereocenters. The van der Waals surface area contributed by atoms with Gasteiger partial charge in [-0.2, -0.15) is 0 Å². The highest BCUT2D eigenvalue weighted by atomic mass is 32.1. The van der Waals surface area contributed by atoms with Crippen LogP contribution in [0.25, 0.3) is 10.7 Å². The van der Waals surface area contributed by atoms with E-state index >= 15 is 0 Å². The Morgan fingerprint density at radius 2 is 2.29 bits per heavy atom. The van der Waals surface area contributed by atoms with Crippen LogP contribution in [0.4, 0.5) is 0 Å². The number of aromatic amines is 1. The van der Waals surface area contributed by atoms with Gasteiger partial charge in [0.15, 0.2) is 5.01 Å². The Labute approximate surface area is 103 Å². The number of H-pyrrole nitrogens is 1. The molecule has 2 aromatic heterocycles. The van der Waals surface area contributed by atoms with E-state index in [1.165, 1.54) is 17.4 Å². The molecule has 2 heterocycles. The van der Waals surface area contributed by atoms with Gasteiger partial charge in [0.1, 0.15) is 5.01 Å². The Bertz CT molecular complexity index is 548. The number of hydrogen-bond acceptors (Lipinski definition) is 5. The van der Waals surface area contributed by atoms with Crippen LogP contribution in [0, 0.1) is 0 Å². The molecule has 0 saturated heterocycles. The molecule has 2 N–H and O–H groups in total. The van der Waals surface area contributed by atoms with Gasteiger partial charge in [-0.15, -0.1) is 10.2 Å². The third kappa shape index (κ3) is 2.78. The monoisotopic (exact) mass is 250 g/mol. The first kappa shape index (κ1) is 11.9. The molecule has 0 aliphatic carbocycles. The van der Waals surface area contributed by atoms with Crippen molar-refractivity contribution in [3.63, 3.8) is 0 Å². The molecule has 1 atom stereocenters. The third-order valence-electron chi connectivity index (χ3n) is 2.32. The van der Waals surface area contributed by atoms with Crippen LogP contribution in [0.5, 0.6) is 0 Å². The molecular weight excluding hydrogens is 236 g/mol. The maximum absolute atomic E-state index is 11.2. The summed E-state index contributed by atoms with van der Waals surface area (Å²) >= 11 is 1.49. The molecule has 90 valence electrons. The number of aromatic nitrogens is 3. The fraction of sp³-hybridized carbons (Fsp3) is 0.364. The molecule has 6 heteroatoms. The highest BCUT2D eigenvalue weighted by molar-refractivity contribution is 7.14. The molecule has 0 saturated carbocycles. The average molecular weight is 250 g/mol. The molecule has 0 amide bonds. The molecule has 0 bridgehead atoms. The van der Waals surface area contributed by atoms with Crippen LogP contribution < -0.4 is 10.9 Å². The second-order valence-electron chi connectivity index (χ2n) is 3.65. The lowest BCUT2D eigenvalue weighted by Gasteiger charge is -2.06. The van der Waals surface area contributed by atoms with Crippen LogP contribution in [-0.4, -0.2) is 21.7 Å². The largest absolute Gasteiger partial charge is 0.320 e. The zero-order valence-electron chi connectivity index (χ0n) is 9.73. The molecular formula is C11H14N4OS. The summed E-state index contributed by atoms with van der Waals surface area (Å²) < 4.78 is 0. The number of pyridine rings is 1. The van der Waals surface area contributed by atoms with Crippen molar-refractivity contribution in [2.45, 2.75) is 19.9 Å². The van der Waals surface area contributed by atoms with Crippen LogP contribution in [0.15, 0.2) is 23.0 Å². The van der Waals surface area contributed by atoms with Crippen molar-refractivity contribution in [3.8, 4) is 10.7 Å². The van der Waals surface area contributed by atoms with Crippen molar-refractivity contribution in [2.24, 2.45) is 0 Å². The summed E-state index contributed by atoms with van der Waals surface area (Å²) in [6.45, 7) is 4.98. The lowest BCUT2D eigenvalue weighted by molar-refractivity contribution is 0.590. The first-order valence-corrected chi connectivity index (χ1v) is 6.29. The molecule has 5 nitrogen and oxygen atoms in total. The second kappa shape index (κ2) is 5.20. The van der Waals surface area contributed by atoms with Gasteiger partial charge in [-0.1, -0.05) is 24.3 Å². The van der Waals surface area contributed by atoms with E-state index in [-0.39, 0.29) is 11.6 Å². The maximum Gasteiger partial charge on any atom is 0.248 e.